The number of hydrogen-bond donors (Lipinski definition) is 1. The van der Waals surface area contributed by atoms with Crippen molar-refractivity contribution in [3.8, 4) is 23.8 Å². The van der Waals surface area contributed by atoms with E-state index < -0.39 is 11.7 Å². The lowest BCUT2D eigenvalue weighted by atomic mass is 10.1. The smallest absolute Gasteiger partial charge is 0.416 e. The highest BCUT2D eigenvalue weighted by Crippen LogP contribution is 2.32. The Labute approximate surface area is 232 Å². The number of nitrogens with one attached hydrogen (secondary N) is 1. The third-order valence-electron chi connectivity index (χ3n) is 6.00. The zero-order chi connectivity index (χ0) is 28.9. The summed E-state index contributed by atoms with van der Waals surface area (Å²) in [6, 6.07) is 14.6. The molecule has 4 rings (SSSR count). The van der Waals surface area contributed by atoms with E-state index in [0.717, 1.165) is 23.9 Å². The molecular formula is C29H24F3N3O4S. The zero-order valence-electron chi connectivity index (χ0n) is 21.5. The van der Waals surface area contributed by atoms with Crippen LogP contribution in [-0.2, 0) is 23.9 Å². The third kappa shape index (κ3) is 6.58. The SMILES string of the molecule is C#Cc1ccc(NC(=O)CSc2nc3cc(OC)c(OC)cc3c(=O)n2CCc2ccc(C(F)(F)F)cc2)cc1. The van der Waals surface area contributed by atoms with E-state index in [0.29, 0.717) is 33.8 Å². The molecule has 0 saturated heterocycles. The van der Waals surface area contributed by atoms with Gasteiger partial charge in [0.15, 0.2) is 16.7 Å². The van der Waals surface area contributed by atoms with Crippen LogP contribution < -0.4 is 20.3 Å². The molecular weight excluding hydrogens is 543 g/mol. The van der Waals surface area contributed by atoms with Crippen molar-refractivity contribution in [1.82, 2.24) is 9.55 Å². The van der Waals surface area contributed by atoms with Gasteiger partial charge in [0.1, 0.15) is 0 Å². The summed E-state index contributed by atoms with van der Waals surface area (Å²) in [4.78, 5) is 30.8. The molecule has 3 aromatic carbocycles. The molecule has 0 aliphatic rings. The Morgan fingerprint density at radius 1 is 1.05 bits per heavy atom. The van der Waals surface area contributed by atoms with Crippen LogP contribution >= 0.6 is 11.8 Å². The van der Waals surface area contributed by atoms with Gasteiger partial charge in [-0.25, -0.2) is 4.98 Å². The summed E-state index contributed by atoms with van der Waals surface area (Å²) in [6.45, 7) is 0.124. The number of halogens is 3. The molecule has 0 atom stereocenters. The molecule has 206 valence electrons. The average Bonchev–Trinajstić information content (AvgIpc) is 2.95. The first-order valence-electron chi connectivity index (χ1n) is 11.9. The van der Waals surface area contributed by atoms with E-state index in [1.54, 1.807) is 30.3 Å². The van der Waals surface area contributed by atoms with Crippen LogP contribution in [-0.4, -0.2) is 35.4 Å². The maximum Gasteiger partial charge on any atom is 0.416 e. The molecule has 4 aromatic rings. The van der Waals surface area contributed by atoms with Crippen LogP contribution in [0.2, 0.25) is 0 Å². The number of ether oxygens (including phenoxy) is 2. The maximum atomic E-state index is 13.6. The van der Waals surface area contributed by atoms with Crippen LogP contribution in [0.15, 0.2) is 70.6 Å². The molecule has 0 bridgehead atoms. The van der Waals surface area contributed by atoms with Gasteiger partial charge in [-0.15, -0.1) is 6.42 Å². The monoisotopic (exact) mass is 567 g/mol. The van der Waals surface area contributed by atoms with Crippen LogP contribution in [0.1, 0.15) is 16.7 Å². The Morgan fingerprint density at radius 3 is 2.30 bits per heavy atom. The molecule has 11 heteroatoms. The second-order valence-electron chi connectivity index (χ2n) is 8.58. The number of thioether (sulfide) groups is 1. The number of amides is 1. The van der Waals surface area contributed by atoms with Crippen molar-refractivity contribution in [2.45, 2.75) is 24.3 Å². The summed E-state index contributed by atoms with van der Waals surface area (Å²) < 4.78 is 50.9. The largest absolute Gasteiger partial charge is 0.493 e. The minimum Gasteiger partial charge on any atom is -0.493 e. The number of methoxy groups -OCH3 is 2. The fourth-order valence-corrected chi connectivity index (χ4v) is 4.74. The van der Waals surface area contributed by atoms with E-state index in [1.807, 2.05) is 0 Å². The first kappa shape index (κ1) is 28.6. The van der Waals surface area contributed by atoms with Gasteiger partial charge in [-0.2, -0.15) is 13.2 Å². The van der Waals surface area contributed by atoms with Gasteiger partial charge in [0.2, 0.25) is 5.91 Å². The highest BCUT2D eigenvalue weighted by Gasteiger charge is 2.30. The van der Waals surface area contributed by atoms with Crippen LogP contribution in [0.25, 0.3) is 10.9 Å². The Kier molecular flexibility index (Phi) is 8.70. The molecule has 1 amide bonds. The van der Waals surface area contributed by atoms with Gasteiger partial charge in [-0.05, 0) is 54.4 Å². The van der Waals surface area contributed by atoms with Gasteiger partial charge in [-0.1, -0.05) is 29.8 Å². The van der Waals surface area contributed by atoms with Crippen molar-refractivity contribution in [2.24, 2.45) is 0 Å². The van der Waals surface area contributed by atoms with Gasteiger partial charge in [-0.3, -0.25) is 14.2 Å². The molecule has 1 N–H and O–H groups in total. The second kappa shape index (κ2) is 12.2. The molecule has 1 aromatic heterocycles. The van der Waals surface area contributed by atoms with E-state index >= 15 is 0 Å². The summed E-state index contributed by atoms with van der Waals surface area (Å²) in [5, 5.41) is 3.31. The third-order valence-corrected chi connectivity index (χ3v) is 6.97. The van der Waals surface area contributed by atoms with E-state index in [4.69, 9.17) is 15.9 Å². The van der Waals surface area contributed by atoms with Crippen molar-refractivity contribution in [1.29, 1.82) is 0 Å². The number of rotatable bonds is 9. The molecule has 0 aliphatic carbocycles. The summed E-state index contributed by atoms with van der Waals surface area (Å²) in [7, 11) is 2.91. The topological polar surface area (TPSA) is 82.5 Å². The van der Waals surface area contributed by atoms with Crippen LogP contribution in [0.4, 0.5) is 18.9 Å². The van der Waals surface area contributed by atoms with E-state index in [9.17, 15) is 22.8 Å². The molecule has 0 radical (unpaired) electrons. The van der Waals surface area contributed by atoms with Gasteiger partial charge >= 0.3 is 6.18 Å². The number of aromatic nitrogens is 2. The lowest BCUT2D eigenvalue weighted by Gasteiger charge is -2.15. The van der Waals surface area contributed by atoms with Crippen molar-refractivity contribution in [3.63, 3.8) is 0 Å². The van der Waals surface area contributed by atoms with E-state index in [1.165, 1.54) is 37.0 Å². The normalized spacial score (nSPS) is 11.2. The molecule has 0 fully saturated rings. The van der Waals surface area contributed by atoms with Crippen molar-refractivity contribution >= 4 is 34.3 Å². The van der Waals surface area contributed by atoms with E-state index in [-0.39, 0.29) is 40.7 Å². The minimum atomic E-state index is -4.44. The number of fused-ring (bicyclic) bond motifs is 1. The first-order chi connectivity index (χ1) is 19.1. The lowest BCUT2D eigenvalue weighted by molar-refractivity contribution is -0.137. The molecule has 0 aliphatic heterocycles. The number of carbonyl (C=O) groups is 1. The molecule has 0 spiro atoms. The number of alkyl halides is 3. The fraction of sp³-hybridized carbons (Fsp3) is 0.207. The maximum absolute atomic E-state index is 13.6. The summed E-state index contributed by atoms with van der Waals surface area (Å²) in [5.74, 6) is 2.86. The standard InChI is InChI=1S/C29H24F3N3O4S/c1-4-18-7-11-21(12-8-18)33-26(36)17-40-28-34-23-16-25(39-3)24(38-2)15-22(23)27(37)35(28)14-13-19-5-9-20(10-6-19)29(30,31)32/h1,5-12,15-16H,13-14,17H2,2-3H3,(H,33,36). The number of benzene rings is 3. The molecule has 7 nitrogen and oxygen atoms in total. The van der Waals surface area contributed by atoms with Crippen LogP contribution in [0.3, 0.4) is 0 Å². The Balaban J connectivity index is 1.62. The summed E-state index contributed by atoms with van der Waals surface area (Å²) in [5.41, 5.74) is 1.06. The van der Waals surface area contributed by atoms with Gasteiger partial charge in [0.25, 0.3) is 5.56 Å². The fourth-order valence-electron chi connectivity index (χ4n) is 3.91. The second-order valence-corrected chi connectivity index (χ2v) is 9.52. The van der Waals surface area contributed by atoms with E-state index in [2.05, 4.69) is 16.2 Å². The number of carbonyl (C=O) groups excluding carboxylic acids is 1. The average molecular weight is 568 g/mol. The number of terminal acetylenes is 1. The quantitative estimate of drug-likeness (QED) is 0.166. The lowest BCUT2D eigenvalue weighted by Crippen LogP contribution is -2.25. The highest BCUT2D eigenvalue weighted by atomic mass is 32.2. The number of anilines is 1. The zero-order valence-corrected chi connectivity index (χ0v) is 22.4. The number of aryl methyl sites for hydroxylation is 1. The molecule has 0 saturated carbocycles. The molecule has 0 unspecified atom stereocenters. The number of hydrogen-bond acceptors (Lipinski definition) is 6. The van der Waals surface area contributed by atoms with Crippen molar-refractivity contribution < 1.29 is 27.4 Å². The van der Waals surface area contributed by atoms with Crippen molar-refractivity contribution in [2.75, 3.05) is 25.3 Å². The first-order valence-corrected chi connectivity index (χ1v) is 12.9. The van der Waals surface area contributed by atoms with Crippen LogP contribution in [0.5, 0.6) is 11.5 Å². The van der Waals surface area contributed by atoms with Gasteiger partial charge in [0, 0.05) is 23.9 Å². The Morgan fingerprint density at radius 2 is 1.70 bits per heavy atom. The Hall–Kier alpha value is -4.43. The predicted octanol–water partition coefficient (Wildman–Crippen LogP) is 5.39. The van der Waals surface area contributed by atoms with Crippen LogP contribution in [0, 0.1) is 12.3 Å². The minimum absolute atomic E-state index is 0.0532. The predicted molar refractivity (Wildman–Crippen MR) is 148 cm³/mol. The molecule has 40 heavy (non-hydrogen) atoms. The van der Waals surface area contributed by atoms with Gasteiger partial charge < -0.3 is 14.8 Å². The summed E-state index contributed by atoms with van der Waals surface area (Å²) in [6.07, 6.45) is 1.19. The van der Waals surface area contributed by atoms with Crippen molar-refractivity contribution in [3.05, 3.63) is 87.7 Å². The highest BCUT2D eigenvalue weighted by molar-refractivity contribution is 7.99. The number of nitrogens with zero attached hydrogens (tertiary/aromatic N) is 2. The Bertz CT molecular complexity index is 1630. The molecule has 1 heterocycles. The summed E-state index contributed by atoms with van der Waals surface area (Å²) >= 11 is 1.06. The van der Waals surface area contributed by atoms with Gasteiger partial charge in [0.05, 0.1) is 36.4 Å².